The van der Waals surface area contributed by atoms with Gasteiger partial charge in [0.05, 0.1) is 0 Å². The first-order valence-corrected chi connectivity index (χ1v) is 8.17. The number of carbonyl (C=O) groups excluding carboxylic acids is 1. The monoisotopic (exact) mass is 324 g/mol. The Hall–Kier alpha value is -1.26. The van der Waals surface area contributed by atoms with Gasteiger partial charge in [0.1, 0.15) is 5.60 Å². The molecule has 0 spiro atoms. The second kappa shape index (κ2) is 6.88. The van der Waals surface area contributed by atoms with E-state index in [0.29, 0.717) is 0 Å². The molecule has 1 amide bonds. The van der Waals surface area contributed by atoms with Gasteiger partial charge in [-0.3, -0.25) is 0 Å². The fourth-order valence-corrected chi connectivity index (χ4v) is 2.63. The standard InChI is InChI=1S/C17H25ClN2O2/c1-5-13(11-7-6-8-12(18)9-11)19-14-10-15(14)20-16(21)22-17(2,3)4/h6-9,13-15,19H,5,10H2,1-4H3,(H,20,21). The minimum absolute atomic E-state index is 0.142. The van der Waals surface area contributed by atoms with Crippen LogP contribution in [0.4, 0.5) is 4.79 Å². The molecule has 1 saturated carbocycles. The predicted octanol–water partition coefficient (Wildman–Crippen LogP) is 4.05. The highest BCUT2D eigenvalue weighted by Crippen LogP contribution is 2.28. The van der Waals surface area contributed by atoms with Gasteiger partial charge in [-0.15, -0.1) is 0 Å². The van der Waals surface area contributed by atoms with E-state index in [1.54, 1.807) is 0 Å². The van der Waals surface area contributed by atoms with Crippen molar-refractivity contribution in [2.24, 2.45) is 0 Å². The summed E-state index contributed by atoms with van der Waals surface area (Å²) in [7, 11) is 0. The molecule has 2 rings (SSSR count). The minimum atomic E-state index is -0.464. The molecule has 3 atom stereocenters. The van der Waals surface area contributed by atoms with E-state index in [4.69, 9.17) is 16.3 Å². The first-order chi connectivity index (χ1) is 10.3. The normalized spacial score (nSPS) is 22.0. The molecular formula is C17H25ClN2O2. The maximum atomic E-state index is 11.7. The zero-order valence-electron chi connectivity index (χ0n) is 13.7. The van der Waals surface area contributed by atoms with Crippen molar-refractivity contribution in [2.45, 2.75) is 64.3 Å². The zero-order chi connectivity index (χ0) is 16.3. The highest BCUT2D eigenvalue weighted by molar-refractivity contribution is 6.30. The second-order valence-corrected chi connectivity index (χ2v) is 7.21. The van der Waals surface area contributed by atoms with Crippen LogP contribution in [0.5, 0.6) is 0 Å². The smallest absolute Gasteiger partial charge is 0.407 e. The SMILES string of the molecule is CCC(NC1CC1NC(=O)OC(C)(C)C)c1cccc(Cl)c1. The van der Waals surface area contributed by atoms with E-state index in [9.17, 15) is 4.79 Å². The fraction of sp³-hybridized carbons (Fsp3) is 0.588. The van der Waals surface area contributed by atoms with Crippen LogP contribution in [0.1, 0.15) is 52.1 Å². The molecule has 0 aliphatic heterocycles. The molecule has 1 aliphatic rings. The third-order valence-corrected chi connectivity index (χ3v) is 3.80. The van der Waals surface area contributed by atoms with Crippen LogP contribution in [0.2, 0.25) is 5.02 Å². The van der Waals surface area contributed by atoms with Crippen molar-refractivity contribution in [3.8, 4) is 0 Å². The Labute approximate surface area is 137 Å². The average molecular weight is 325 g/mol. The molecule has 1 aromatic carbocycles. The summed E-state index contributed by atoms with van der Waals surface area (Å²) in [6, 6.07) is 8.58. The van der Waals surface area contributed by atoms with Gasteiger partial charge in [0.2, 0.25) is 0 Å². The van der Waals surface area contributed by atoms with Gasteiger partial charge in [-0.05, 0) is 51.3 Å². The van der Waals surface area contributed by atoms with E-state index in [1.807, 2.05) is 39.0 Å². The molecule has 1 aliphatic carbocycles. The molecule has 0 aromatic heterocycles. The molecule has 122 valence electrons. The first-order valence-electron chi connectivity index (χ1n) is 7.79. The molecular weight excluding hydrogens is 300 g/mol. The second-order valence-electron chi connectivity index (χ2n) is 6.78. The Morgan fingerprint density at radius 2 is 2.14 bits per heavy atom. The van der Waals surface area contributed by atoms with Gasteiger partial charge in [-0.2, -0.15) is 0 Å². The van der Waals surface area contributed by atoms with Gasteiger partial charge < -0.3 is 15.4 Å². The lowest BCUT2D eigenvalue weighted by Gasteiger charge is -2.20. The van der Waals surface area contributed by atoms with E-state index in [2.05, 4.69) is 23.6 Å². The Kier molecular flexibility index (Phi) is 5.35. The third kappa shape index (κ3) is 5.18. The summed E-state index contributed by atoms with van der Waals surface area (Å²) in [6.45, 7) is 7.72. The van der Waals surface area contributed by atoms with Gasteiger partial charge in [-0.1, -0.05) is 30.7 Å². The number of hydrogen-bond donors (Lipinski definition) is 2. The molecule has 22 heavy (non-hydrogen) atoms. The van der Waals surface area contributed by atoms with Gasteiger partial charge in [0.15, 0.2) is 0 Å². The molecule has 5 heteroatoms. The van der Waals surface area contributed by atoms with Crippen LogP contribution in [-0.2, 0) is 4.74 Å². The number of ether oxygens (including phenoxy) is 1. The number of halogens is 1. The van der Waals surface area contributed by atoms with E-state index >= 15 is 0 Å². The van der Waals surface area contributed by atoms with Crippen molar-refractivity contribution in [1.29, 1.82) is 0 Å². The highest BCUT2D eigenvalue weighted by atomic mass is 35.5. The van der Waals surface area contributed by atoms with Crippen molar-refractivity contribution >= 4 is 17.7 Å². The number of amides is 1. The Morgan fingerprint density at radius 3 is 2.73 bits per heavy atom. The lowest BCUT2D eigenvalue weighted by molar-refractivity contribution is 0.0522. The van der Waals surface area contributed by atoms with Crippen molar-refractivity contribution in [2.75, 3.05) is 0 Å². The maximum Gasteiger partial charge on any atom is 0.407 e. The summed E-state index contributed by atoms with van der Waals surface area (Å²) in [5.74, 6) is 0. The molecule has 2 N–H and O–H groups in total. The molecule has 1 aromatic rings. The Bertz CT molecular complexity index is 528. The fourth-order valence-electron chi connectivity index (χ4n) is 2.43. The van der Waals surface area contributed by atoms with Crippen molar-refractivity contribution in [1.82, 2.24) is 10.6 Å². The lowest BCUT2D eigenvalue weighted by atomic mass is 10.0. The molecule has 1 fully saturated rings. The summed E-state index contributed by atoms with van der Waals surface area (Å²) in [5.41, 5.74) is 0.715. The molecule has 0 heterocycles. The van der Waals surface area contributed by atoms with Crippen LogP contribution < -0.4 is 10.6 Å². The third-order valence-electron chi connectivity index (χ3n) is 3.57. The van der Waals surface area contributed by atoms with E-state index < -0.39 is 5.60 Å². The molecule has 0 radical (unpaired) electrons. The number of nitrogens with one attached hydrogen (secondary N) is 2. The average Bonchev–Trinajstić information content (AvgIpc) is 3.11. The van der Waals surface area contributed by atoms with Gasteiger partial charge in [-0.25, -0.2) is 4.79 Å². The highest BCUT2D eigenvalue weighted by Gasteiger charge is 2.40. The van der Waals surface area contributed by atoms with Crippen molar-refractivity contribution in [3.63, 3.8) is 0 Å². The van der Waals surface area contributed by atoms with Gasteiger partial charge >= 0.3 is 6.09 Å². The van der Waals surface area contributed by atoms with Crippen LogP contribution in [0.3, 0.4) is 0 Å². The number of rotatable bonds is 5. The first kappa shape index (κ1) is 17.1. The van der Waals surface area contributed by atoms with Crippen LogP contribution in [0, 0.1) is 0 Å². The molecule has 0 saturated heterocycles. The number of hydrogen-bond acceptors (Lipinski definition) is 3. The maximum absolute atomic E-state index is 11.7. The zero-order valence-corrected chi connectivity index (χ0v) is 14.4. The molecule has 0 bridgehead atoms. The summed E-state index contributed by atoms with van der Waals surface area (Å²) in [6.07, 6.45) is 1.55. The molecule has 4 nitrogen and oxygen atoms in total. The van der Waals surface area contributed by atoms with Gasteiger partial charge in [0.25, 0.3) is 0 Å². The Morgan fingerprint density at radius 1 is 1.41 bits per heavy atom. The van der Waals surface area contributed by atoms with Crippen molar-refractivity contribution < 1.29 is 9.53 Å². The number of alkyl carbamates (subject to hydrolysis) is 1. The van der Waals surface area contributed by atoms with Crippen molar-refractivity contribution in [3.05, 3.63) is 34.9 Å². The summed E-state index contributed by atoms with van der Waals surface area (Å²) in [5, 5.41) is 7.22. The van der Waals surface area contributed by atoms with Crippen LogP contribution >= 0.6 is 11.6 Å². The quantitative estimate of drug-likeness (QED) is 0.859. The largest absolute Gasteiger partial charge is 0.444 e. The lowest BCUT2D eigenvalue weighted by Crippen LogP contribution is -2.37. The van der Waals surface area contributed by atoms with E-state index in [1.165, 1.54) is 5.56 Å². The summed E-state index contributed by atoms with van der Waals surface area (Å²) in [4.78, 5) is 11.7. The topological polar surface area (TPSA) is 50.4 Å². The number of carbonyl (C=O) groups is 1. The van der Waals surface area contributed by atoms with E-state index in [-0.39, 0.29) is 24.2 Å². The molecule has 3 unspecified atom stereocenters. The predicted molar refractivity (Wildman–Crippen MR) is 89.2 cm³/mol. The minimum Gasteiger partial charge on any atom is -0.444 e. The van der Waals surface area contributed by atoms with E-state index in [0.717, 1.165) is 17.9 Å². The van der Waals surface area contributed by atoms with Crippen LogP contribution in [0.15, 0.2) is 24.3 Å². The summed E-state index contributed by atoms with van der Waals surface area (Å²) < 4.78 is 5.27. The summed E-state index contributed by atoms with van der Waals surface area (Å²) >= 11 is 6.06. The van der Waals surface area contributed by atoms with Crippen LogP contribution in [-0.4, -0.2) is 23.8 Å². The number of benzene rings is 1. The van der Waals surface area contributed by atoms with Crippen LogP contribution in [0.25, 0.3) is 0 Å². The van der Waals surface area contributed by atoms with Gasteiger partial charge in [0, 0.05) is 23.1 Å². The Balaban J connectivity index is 1.84.